The third-order valence-electron chi connectivity index (χ3n) is 5.06. The second kappa shape index (κ2) is 8.89. The number of benzene rings is 1. The van der Waals surface area contributed by atoms with Crippen molar-refractivity contribution in [2.45, 2.75) is 6.92 Å². The summed E-state index contributed by atoms with van der Waals surface area (Å²) in [5, 5.41) is 4.96. The lowest BCUT2D eigenvalue weighted by Crippen LogP contribution is -2.37. The predicted octanol–water partition coefficient (Wildman–Crippen LogP) is 3.45. The van der Waals surface area contributed by atoms with Gasteiger partial charge in [-0.2, -0.15) is 15.1 Å². The number of nitrogens with one attached hydrogen (secondary N) is 1. The van der Waals surface area contributed by atoms with Gasteiger partial charge >= 0.3 is 0 Å². The van der Waals surface area contributed by atoms with E-state index in [1.807, 2.05) is 35.8 Å². The van der Waals surface area contributed by atoms with Gasteiger partial charge in [0.25, 0.3) is 0 Å². The monoisotopic (exact) mass is 448 g/mol. The molecule has 0 unspecified atom stereocenters. The van der Waals surface area contributed by atoms with E-state index in [9.17, 15) is 0 Å². The average molecular weight is 449 g/mol. The lowest BCUT2D eigenvalue weighted by molar-refractivity contribution is 0.122. The quantitative estimate of drug-likeness (QED) is 0.369. The molecule has 0 radical (unpaired) electrons. The summed E-state index contributed by atoms with van der Waals surface area (Å²) in [4.78, 5) is 20.5. The summed E-state index contributed by atoms with van der Waals surface area (Å²) in [6.07, 6.45) is 5.03. The molecule has 4 aromatic rings. The number of fused-ring (bicyclic) bond motifs is 1. The Balaban J connectivity index is 1.55. The molecule has 0 bridgehead atoms. The zero-order valence-corrected chi connectivity index (χ0v) is 18.2. The molecule has 162 valence electrons. The van der Waals surface area contributed by atoms with E-state index in [4.69, 9.17) is 26.3 Å². The summed E-state index contributed by atoms with van der Waals surface area (Å²) in [5.41, 5.74) is 6.44. The molecule has 1 saturated heterocycles. The van der Waals surface area contributed by atoms with E-state index in [-0.39, 0.29) is 0 Å². The van der Waals surface area contributed by atoms with Crippen LogP contribution in [0.15, 0.2) is 54.0 Å². The van der Waals surface area contributed by atoms with Crippen LogP contribution in [0.5, 0.6) is 0 Å². The van der Waals surface area contributed by atoms with Gasteiger partial charge in [-0.3, -0.25) is 9.99 Å². The zero-order valence-electron chi connectivity index (χ0n) is 17.4. The van der Waals surface area contributed by atoms with E-state index in [1.165, 1.54) is 5.56 Å². The van der Waals surface area contributed by atoms with Gasteiger partial charge in [-0.1, -0.05) is 41.4 Å². The highest BCUT2D eigenvalue weighted by Crippen LogP contribution is 2.25. The molecule has 10 heteroatoms. The number of rotatable bonds is 5. The van der Waals surface area contributed by atoms with Crippen LogP contribution in [0.4, 0.5) is 11.8 Å². The molecule has 0 amide bonds. The number of imidazole rings is 1. The highest BCUT2D eigenvalue weighted by atomic mass is 35.5. The third-order valence-corrected chi connectivity index (χ3v) is 5.29. The molecule has 0 atom stereocenters. The number of aryl methyl sites for hydroxylation is 1. The summed E-state index contributed by atoms with van der Waals surface area (Å²) in [6.45, 7) is 4.74. The smallest absolute Gasteiger partial charge is 0.229 e. The molecule has 1 aromatic carbocycles. The van der Waals surface area contributed by atoms with Gasteiger partial charge in [-0.25, -0.2) is 9.97 Å². The van der Waals surface area contributed by atoms with Crippen LogP contribution in [0.2, 0.25) is 5.02 Å². The van der Waals surface area contributed by atoms with Crippen LogP contribution in [0, 0.1) is 6.92 Å². The maximum absolute atomic E-state index is 6.00. The summed E-state index contributed by atoms with van der Waals surface area (Å²) in [6, 6.07) is 11.7. The third kappa shape index (κ3) is 4.25. The minimum Gasteiger partial charge on any atom is -0.378 e. The van der Waals surface area contributed by atoms with Gasteiger partial charge in [0.2, 0.25) is 5.95 Å². The Morgan fingerprint density at radius 1 is 1.12 bits per heavy atom. The first-order chi connectivity index (χ1) is 15.7. The highest BCUT2D eigenvalue weighted by Gasteiger charge is 2.20. The second-order valence-electron chi connectivity index (χ2n) is 7.38. The molecular formula is C22H21ClN8O. The Morgan fingerprint density at radius 2 is 2.00 bits per heavy atom. The topological polar surface area (TPSA) is 93.4 Å². The van der Waals surface area contributed by atoms with E-state index in [0.717, 1.165) is 5.56 Å². The first-order valence-corrected chi connectivity index (χ1v) is 10.6. The predicted molar refractivity (Wildman–Crippen MR) is 125 cm³/mol. The largest absolute Gasteiger partial charge is 0.378 e. The highest BCUT2D eigenvalue weighted by molar-refractivity contribution is 6.30. The molecule has 1 aliphatic heterocycles. The Hall–Kier alpha value is -3.56. The van der Waals surface area contributed by atoms with Crippen LogP contribution >= 0.6 is 11.6 Å². The minimum atomic E-state index is 0.521. The van der Waals surface area contributed by atoms with E-state index in [0.29, 0.717) is 60.1 Å². The summed E-state index contributed by atoms with van der Waals surface area (Å²) in [5.74, 6) is 1.77. The maximum Gasteiger partial charge on any atom is 0.229 e. The first kappa shape index (κ1) is 20.3. The lowest BCUT2D eigenvalue weighted by Gasteiger charge is -2.27. The van der Waals surface area contributed by atoms with Gasteiger partial charge in [0, 0.05) is 19.3 Å². The summed E-state index contributed by atoms with van der Waals surface area (Å²) >= 11 is 6.00. The second-order valence-corrected chi connectivity index (χ2v) is 7.81. The number of aromatic nitrogens is 5. The van der Waals surface area contributed by atoms with E-state index >= 15 is 0 Å². The van der Waals surface area contributed by atoms with Crippen LogP contribution in [0.1, 0.15) is 11.1 Å². The number of hydrazone groups is 1. The van der Waals surface area contributed by atoms with E-state index < -0.39 is 0 Å². The van der Waals surface area contributed by atoms with Crippen LogP contribution in [-0.2, 0) is 4.74 Å². The summed E-state index contributed by atoms with van der Waals surface area (Å²) in [7, 11) is 0. The normalized spacial score (nSPS) is 14.4. The van der Waals surface area contributed by atoms with Crippen LogP contribution in [0.3, 0.4) is 0 Å². The maximum atomic E-state index is 6.00. The van der Waals surface area contributed by atoms with Crippen molar-refractivity contribution in [3.63, 3.8) is 0 Å². The Labute approximate surface area is 189 Å². The van der Waals surface area contributed by atoms with Crippen molar-refractivity contribution in [3.05, 3.63) is 65.1 Å². The van der Waals surface area contributed by atoms with Gasteiger partial charge in [0.15, 0.2) is 17.0 Å². The molecular weight excluding hydrogens is 428 g/mol. The van der Waals surface area contributed by atoms with E-state index in [1.54, 1.807) is 24.8 Å². The number of nitrogens with zero attached hydrogens (tertiary/aromatic N) is 7. The van der Waals surface area contributed by atoms with Crippen molar-refractivity contribution in [2.24, 2.45) is 5.10 Å². The van der Waals surface area contributed by atoms with Crippen molar-refractivity contribution in [3.8, 4) is 5.82 Å². The first-order valence-electron chi connectivity index (χ1n) is 10.2. The Bertz CT molecular complexity index is 1260. The number of ether oxygens (including phenoxy) is 1. The lowest BCUT2D eigenvalue weighted by atomic mass is 10.2. The van der Waals surface area contributed by atoms with Crippen molar-refractivity contribution in [2.75, 3.05) is 36.6 Å². The number of halogens is 1. The zero-order chi connectivity index (χ0) is 21.9. The van der Waals surface area contributed by atoms with Crippen LogP contribution in [-0.4, -0.2) is 57.0 Å². The van der Waals surface area contributed by atoms with Crippen molar-refractivity contribution in [1.82, 2.24) is 24.5 Å². The fourth-order valence-electron chi connectivity index (χ4n) is 3.47. The fourth-order valence-corrected chi connectivity index (χ4v) is 3.58. The molecule has 0 saturated carbocycles. The molecule has 9 nitrogen and oxygen atoms in total. The molecule has 1 fully saturated rings. The van der Waals surface area contributed by atoms with Gasteiger partial charge in [0.05, 0.1) is 24.5 Å². The Kier molecular flexibility index (Phi) is 5.66. The Morgan fingerprint density at radius 3 is 2.78 bits per heavy atom. The van der Waals surface area contributed by atoms with Gasteiger partial charge < -0.3 is 9.64 Å². The molecule has 4 heterocycles. The SMILES string of the molecule is Cc1cccc(C=NNc2nc(N3CCOCC3)nc3c2ncn3-c2ccc(Cl)cn2)c1. The molecule has 0 spiro atoms. The number of pyridine rings is 1. The van der Waals surface area contributed by atoms with Gasteiger partial charge in [-0.05, 0) is 24.6 Å². The minimum absolute atomic E-state index is 0.521. The van der Waals surface area contributed by atoms with Gasteiger partial charge in [-0.15, -0.1) is 0 Å². The number of hydrogen-bond donors (Lipinski definition) is 1. The average Bonchev–Trinajstić information content (AvgIpc) is 3.24. The molecule has 32 heavy (non-hydrogen) atoms. The van der Waals surface area contributed by atoms with Crippen LogP contribution < -0.4 is 10.3 Å². The molecule has 1 aliphatic rings. The molecule has 5 rings (SSSR count). The van der Waals surface area contributed by atoms with Gasteiger partial charge in [0.1, 0.15) is 12.1 Å². The molecule has 3 aromatic heterocycles. The molecule has 0 aliphatic carbocycles. The van der Waals surface area contributed by atoms with E-state index in [2.05, 4.69) is 31.5 Å². The van der Waals surface area contributed by atoms with Crippen molar-refractivity contribution >= 4 is 40.7 Å². The standard InChI is InChI=1S/C22H21ClN8O/c1-15-3-2-4-16(11-15)12-26-29-20-19-21(28-22(27-20)30-7-9-32-10-8-30)31(14-25-19)18-6-5-17(23)13-24-18/h2-6,11-14H,7-10H2,1H3,(H,27,28,29). The number of hydrogen-bond acceptors (Lipinski definition) is 8. The number of anilines is 2. The van der Waals surface area contributed by atoms with Crippen LogP contribution in [0.25, 0.3) is 17.0 Å². The summed E-state index contributed by atoms with van der Waals surface area (Å²) < 4.78 is 7.29. The molecule has 1 N–H and O–H groups in total. The number of morpholine rings is 1. The van der Waals surface area contributed by atoms with Crippen molar-refractivity contribution in [1.29, 1.82) is 0 Å². The van der Waals surface area contributed by atoms with Crippen molar-refractivity contribution < 1.29 is 4.74 Å². The fraction of sp³-hybridized carbons (Fsp3) is 0.227.